The number of fused-ring (bicyclic) bond motifs is 2. The molecule has 0 atom stereocenters. The lowest BCUT2D eigenvalue weighted by atomic mass is 10.1. The van der Waals surface area contributed by atoms with E-state index in [0.29, 0.717) is 17.8 Å². The van der Waals surface area contributed by atoms with Crippen molar-refractivity contribution in [3.63, 3.8) is 0 Å². The van der Waals surface area contributed by atoms with Gasteiger partial charge in [-0.1, -0.05) is 24.0 Å². The maximum absolute atomic E-state index is 11.2. The van der Waals surface area contributed by atoms with Crippen LogP contribution in [0.5, 0.6) is 0 Å². The van der Waals surface area contributed by atoms with Crippen molar-refractivity contribution in [1.29, 1.82) is 0 Å². The van der Waals surface area contributed by atoms with Gasteiger partial charge >= 0.3 is 0 Å². The summed E-state index contributed by atoms with van der Waals surface area (Å²) in [5, 5.41) is 12.3. The second-order valence-corrected chi connectivity index (χ2v) is 9.94. The summed E-state index contributed by atoms with van der Waals surface area (Å²) >= 11 is 1.73. The molecule has 35 heavy (non-hydrogen) atoms. The first-order valence-electron chi connectivity index (χ1n) is 11.4. The van der Waals surface area contributed by atoms with Crippen molar-refractivity contribution >= 4 is 44.9 Å². The van der Waals surface area contributed by atoms with Crippen LogP contribution in [-0.2, 0) is 0 Å². The van der Waals surface area contributed by atoms with Crippen molar-refractivity contribution in [3.8, 4) is 11.8 Å². The first-order chi connectivity index (χ1) is 16.9. The van der Waals surface area contributed by atoms with Gasteiger partial charge in [0.05, 0.1) is 34.0 Å². The predicted molar refractivity (Wildman–Crippen MR) is 142 cm³/mol. The number of likely N-dealkylation sites (N-methyl/N-ethyl adjacent to an activating group) is 1. The number of rotatable bonds is 2. The summed E-state index contributed by atoms with van der Waals surface area (Å²) in [6.45, 7) is 6.37. The minimum absolute atomic E-state index is 0.0231. The van der Waals surface area contributed by atoms with Crippen molar-refractivity contribution in [1.82, 2.24) is 9.80 Å². The van der Waals surface area contributed by atoms with Gasteiger partial charge < -0.3 is 20.4 Å². The van der Waals surface area contributed by atoms with Crippen LogP contribution in [0.3, 0.4) is 0 Å². The van der Waals surface area contributed by atoms with Crippen LogP contribution in [0, 0.1) is 28.9 Å². The van der Waals surface area contributed by atoms with Crippen LogP contribution < -0.4 is 10.6 Å². The zero-order valence-electron chi connectivity index (χ0n) is 19.7. The van der Waals surface area contributed by atoms with E-state index in [1.165, 1.54) is 23.1 Å². The number of amidine groups is 1. The quantitative estimate of drug-likeness (QED) is 0.250. The fourth-order valence-corrected chi connectivity index (χ4v) is 5.34. The Hall–Kier alpha value is -3.87. The van der Waals surface area contributed by atoms with Crippen molar-refractivity contribution in [2.75, 3.05) is 50.4 Å². The standard InChI is InChI=1S/C26H26N6O2S/c1-18-16-21-25(30-14-12-29(2)13-15-30)28-23-7-3-4-8-24(23)31(26(21)35-18)11-5-6-19-17-20(32(33)34)9-10-22(19)27/h3-4,7-10,16-17H,11-15,27H2,1-2H3. The van der Waals surface area contributed by atoms with E-state index in [9.17, 15) is 10.1 Å². The maximum Gasteiger partial charge on any atom is 0.270 e. The number of aliphatic imine (C=N–C) groups is 1. The predicted octanol–water partition coefficient (Wildman–Crippen LogP) is 4.38. The zero-order chi connectivity index (χ0) is 24.5. The number of benzene rings is 2. The van der Waals surface area contributed by atoms with Gasteiger partial charge in [-0.25, -0.2) is 4.99 Å². The van der Waals surface area contributed by atoms with Crippen LogP contribution in [0.4, 0.5) is 27.8 Å². The first-order valence-corrected chi connectivity index (χ1v) is 12.2. The molecule has 9 heteroatoms. The second kappa shape index (κ2) is 9.41. The van der Waals surface area contributed by atoms with Crippen LogP contribution in [0.15, 0.2) is 53.5 Å². The Morgan fingerprint density at radius 3 is 2.69 bits per heavy atom. The lowest BCUT2D eigenvalue weighted by Crippen LogP contribution is -2.47. The Kier molecular flexibility index (Phi) is 6.16. The summed E-state index contributed by atoms with van der Waals surface area (Å²) in [4.78, 5) is 24.0. The summed E-state index contributed by atoms with van der Waals surface area (Å²) in [6.07, 6.45) is 0. The number of hydrogen-bond acceptors (Lipinski definition) is 8. The van der Waals surface area contributed by atoms with Gasteiger partial charge in [0, 0.05) is 48.9 Å². The minimum atomic E-state index is -0.437. The second-order valence-electron chi connectivity index (χ2n) is 8.71. The van der Waals surface area contributed by atoms with E-state index in [0.717, 1.165) is 54.0 Å². The molecule has 1 saturated heterocycles. The molecule has 5 rings (SSSR count). The average molecular weight is 487 g/mol. The van der Waals surface area contributed by atoms with Gasteiger partial charge in [-0.05, 0) is 38.2 Å². The van der Waals surface area contributed by atoms with Gasteiger partial charge in [0.2, 0.25) is 0 Å². The smallest absolute Gasteiger partial charge is 0.270 e. The molecule has 0 aliphatic carbocycles. The van der Waals surface area contributed by atoms with Gasteiger partial charge in [-0.3, -0.25) is 10.1 Å². The molecule has 3 aromatic rings. The van der Waals surface area contributed by atoms with Gasteiger partial charge in [0.15, 0.2) is 0 Å². The van der Waals surface area contributed by atoms with Crippen molar-refractivity contribution in [2.24, 2.45) is 4.99 Å². The van der Waals surface area contributed by atoms with E-state index in [4.69, 9.17) is 10.7 Å². The number of nitrogens with two attached hydrogens (primary N) is 1. The fraction of sp³-hybridized carbons (Fsp3) is 0.269. The summed E-state index contributed by atoms with van der Waals surface area (Å²) in [6, 6.07) is 14.7. The molecule has 2 aliphatic heterocycles. The van der Waals surface area contributed by atoms with Crippen LogP contribution in [0.25, 0.3) is 0 Å². The van der Waals surface area contributed by atoms with Crippen molar-refractivity contribution < 1.29 is 4.92 Å². The molecule has 1 aromatic heterocycles. The van der Waals surface area contributed by atoms with Crippen LogP contribution in [0.1, 0.15) is 16.0 Å². The molecule has 178 valence electrons. The van der Waals surface area contributed by atoms with Gasteiger partial charge in [0.1, 0.15) is 10.8 Å². The third-order valence-corrected chi connectivity index (χ3v) is 7.30. The number of para-hydroxylation sites is 2. The SMILES string of the molecule is Cc1cc2c(s1)N(CC#Cc1cc([N+](=O)[O-])ccc1N)c1ccccc1N=C2N1CCN(C)CC1. The number of nitro groups is 1. The molecule has 2 aromatic carbocycles. The first kappa shape index (κ1) is 22.9. The van der Waals surface area contributed by atoms with Crippen LogP contribution in [-0.4, -0.2) is 60.3 Å². The third-order valence-electron chi connectivity index (χ3n) is 6.23. The number of anilines is 3. The van der Waals surface area contributed by atoms with Crippen LogP contribution in [0.2, 0.25) is 0 Å². The third kappa shape index (κ3) is 4.58. The summed E-state index contributed by atoms with van der Waals surface area (Å²) in [5.41, 5.74) is 9.90. The number of non-ortho nitro benzene ring substituents is 1. The molecule has 0 radical (unpaired) electrons. The lowest BCUT2D eigenvalue weighted by Gasteiger charge is -2.34. The highest BCUT2D eigenvalue weighted by molar-refractivity contribution is 7.16. The highest BCUT2D eigenvalue weighted by Gasteiger charge is 2.29. The Bertz CT molecular complexity index is 1380. The number of nitrogen functional groups attached to an aromatic ring is 1. The van der Waals surface area contributed by atoms with Gasteiger partial charge in [-0.2, -0.15) is 0 Å². The molecule has 3 heterocycles. The molecule has 0 bridgehead atoms. The van der Waals surface area contributed by atoms with E-state index in [1.807, 2.05) is 18.2 Å². The molecular formula is C26H26N6O2S. The lowest BCUT2D eigenvalue weighted by molar-refractivity contribution is -0.384. The van der Waals surface area contributed by atoms with Crippen molar-refractivity contribution in [2.45, 2.75) is 6.92 Å². The fourth-order valence-electron chi connectivity index (χ4n) is 4.33. The monoisotopic (exact) mass is 486 g/mol. The Morgan fingerprint density at radius 2 is 1.91 bits per heavy atom. The molecule has 2 aliphatic rings. The number of nitrogens with zero attached hydrogens (tertiary/aromatic N) is 5. The Balaban J connectivity index is 1.54. The molecular weight excluding hydrogens is 460 g/mol. The maximum atomic E-state index is 11.2. The molecule has 0 saturated carbocycles. The van der Waals surface area contributed by atoms with E-state index in [2.05, 4.69) is 52.6 Å². The number of hydrogen-bond donors (Lipinski definition) is 1. The molecule has 8 nitrogen and oxygen atoms in total. The summed E-state index contributed by atoms with van der Waals surface area (Å²) in [5.74, 6) is 7.26. The van der Waals surface area contributed by atoms with E-state index in [1.54, 1.807) is 11.3 Å². The number of aryl methyl sites for hydroxylation is 1. The van der Waals surface area contributed by atoms with Crippen molar-refractivity contribution in [3.05, 3.63) is 74.6 Å². The Morgan fingerprint density at radius 1 is 1.14 bits per heavy atom. The number of piperazine rings is 1. The molecule has 0 amide bonds. The molecule has 0 spiro atoms. The minimum Gasteiger partial charge on any atom is -0.398 e. The summed E-state index contributed by atoms with van der Waals surface area (Å²) in [7, 11) is 2.15. The molecule has 1 fully saturated rings. The van der Waals surface area contributed by atoms with Gasteiger partial charge in [-0.15, -0.1) is 11.3 Å². The topological polar surface area (TPSA) is 91.2 Å². The largest absolute Gasteiger partial charge is 0.398 e. The number of nitro benzene ring substituents is 1. The molecule has 0 unspecified atom stereocenters. The molecule has 2 N–H and O–H groups in total. The highest BCUT2D eigenvalue weighted by Crippen LogP contribution is 2.43. The van der Waals surface area contributed by atoms with Gasteiger partial charge in [0.25, 0.3) is 5.69 Å². The normalized spacial score (nSPS) is 15.4. The van der Waals surface area contributed by atoms with E-state index in [-0.39, 0.29) is 5.69 Å². The zero-order valence-corrected chi connectivity index (χ0v) is 20.5. The van der Waals surface area contributed by atoms with E-state index < -0.39 is 4.92 Å². The Labute approximate surface area is 208 Å². The number of thiophene rings is 1. The van der Waals surface area contributed by atoms with Crippen LogP contribution >= 0.6 is 11.3 Å². The summed E-state index contributed by atoms with van der Waals surface area (Å²) < 4.78 is 0. The van der Waals surface area contributed by atoms with E-state index >= 15 is 0 Å². The highest BCUT2D eigenvalue weighted by atomic mass is 32.1. The average Bonchev–Trinajstić information content (AvgIpc) is 3.17.